The zero-order valence-electron chi connectivity index (χ0n) is 21.7. The van der Waals surface area contributed by atoms with E-state index in [4.69, 9.17) is 33.3 Å². The predicted molar refractivity (Wildman–Crippen MR) is 156 cm³/mol. The maximum atomic E-state index is 13.6. The van der Waals surface area contributed by atoms with Crippen molar-refractivity contribution in [3.05, 3.63) is 115 Å². The third kappa shape index (κ3) is 4.95. The summed E-state index contributed by atoms with van der Waals surface area (Å²) in [7, 11) is 3.04. The molecule has 1 N–H and O–H groups in total. The van der Waals surface area contributed by atoms with E-state index in [0.29, 0.717) is 32.7 Å². The summed E-state index contributed by atoms with van der Waals surface area (Å²) in [5.41, 5.74) is 1.74. The molecule has 0 saturated carbocycles. The van der Waals surface area contributed by atoms with Crippen LogP contribution in [0.2, 0.25) is 10.0 Å². The number of aromatic nitrogens is 4. The van der Waals surface area contributed by atoms with Gasteiger partial charge in [-0.05, 0) is 54.1 Å². The lowest BCUT2D eigenvalue weighted by Crippen LogP contribution is -2.39. The van der Waals surface area contributed by atoms with Crippen molar-refractivity contribution in [3.63, 3.8) is 0 Å². The third-order valence-electron chi connectivity index (χ3n) is 6.66. The monoisotopic (exact) mass is 577 g/mol. The van der Waals surface area contributed by atoms with Gasteiger partial charge in [0, 0.05) is 42.5 Å². The van der Waals surface area contributed by atoms with Gasteiger partial charge >= 0.3 is 5.69 Å². The van der Waals surface area contributed by atoms with Gasteiger partial charge in [-0.3, -0.25) is 23.3 Å². The van der Waals surface area contributed by atoms with Crippen LogP contribution in [0.1, 0.15) is 15.9 Å². The van der Waals surface area contributed by atoms with Gasteiger partial charge in [0.05, 0.1) is 18.2 Å². The molecule has 0 atom stereocenters. The lowest BCUT2D eigenvalue weighted by atomic mass is 10.1. The van der Waals surface area contributed by atoms with Crippen LogP contribution in [0.15, 0.2) is 82.4 Å². The SMILES string of the molecule is CN(CCO)C(=O)c1ccc(Cn2c(=O)n(C)c(=O)c3c2nc(-c2ccccc2Cl)n3-c2ccc(Cl)cc2)cc1. The van der Waals surface area contributed by atoms with Crippen LogP contribution in [0.25, 0.3) is 28.2 Å². The maximum Gasteiger partial charge on any atom is 0.332 e. The van der Waals surface area contributed by atoms with Crippen LogP contribution >= 0.6 is 23.2 Å². The standard InChI is InChI=1S/C29H25Cl2N5O4/c1-33(15-16-37)27(38)19-9-7-18(8-10-19)17-35-26-24(28(39)34(2)29(35)40)36(21-13-11-20(30)12-14-21)25(32-26)22-5-3-4-6-23(22)31/h3-14,37H,15-17H2,1-2H3. The Kier molecular flexibility index (Phi) is 7.62. The molecule has 0 radical (unpaired) electrons. The summed E-state index contributed by atoms with van der Waals surface area (Å²) in [5.74, 6) is 0.167. The number of halogens is 2. The van der Waals surface area contributed by atoms with Crippen molar-refractivity contribution in [2.45, 2.75) is 6.54 Å². The first kappa shape index (κ1) is 27.4. The number of aliphatic hydroxyl groups excluding tert-OH is 1. The summed E-state index contributed by atoms with van der Waals surface area (Å²) in [6, 6.07) is 20.9. The second-order valence-electron chi connectivity index (χ2n) is 9.28. The predicted octanol–water partition coefficient (Wildman–Crippen LogP) is 3.97. The zero-order valence-corrected chi connectivity index (χ0v) is 23.2. The Hall–Kier alpha value is -4.18. The largest absolute Gasteiger partial charge is 0.395 e. The van der Waals surface area contributed by atoms with Gasteiger partial charge in [-0.1, -0.05) is 47.5 Å². The van der Waals surface area contributed by atoms with Gasteiger partial charge in [0.2, 0.25) is 0 Å². The van der Waals surface area contributed by atoms with E-state index < -0.39 is 11.2 Å². The van der Waals surface area contributed by atoms with E-state index in [0.717, 1.165) is 10.1 Å². The molecule has 2 aromatic heterocycles. The van der Waals surface area contributed by atoms with Crippen molar-refractivity contribution in [1.29, 1.82) is 0 Å². The van der Waals surface area contributed by atoms with Gasteiger partial charge in [0.15, 0.2) is 11.2 Å². The lowest BCUT2D eigenvalue weighted by Gasteiger charge is -2.16. The van der Waals surface area contributed by atoms with Crippen LogP contribution < -0.4 is 11.2 Å². The highest BCUT2D eigenvalue weighted by atomic mass is 35.5. The Labute approximate surface area is 239 Å². The fourth-order valence-corrected chi connectivity index (χ4v) is 4.87. The number of likely N-dealkylation sites (N-methyl/N-ethyl adjacent to an activating group) is 1. The van der Waals surface area contributed by atoms with Crippen molar-refractivity contribution in [2.24, 2.45) is 7.05 Å². The number of hydrogen-bond acceptors (Lipinski definition) is 5. The number of nitrogens with zero attached hydrogens (tertiary/aromatic N) is 5. The first-order chi connectivity index (χ1) is 19.2. The highest BCUT2D eigenvalue weighted by molar-refractivity contribution is 6.33. The molecule has 11 heteroatoms. The van der Waals surface area contributed by atoms with E-state index in [-0.39, 0.29) is 36.8 Å². The fourth-order valence-electron chi connectivity index (χ4n) is 4.52. The molecule has 0 saturated heterocycles. The van der Waals surface area contributed by atoms with Crippen molar-refractivity contribution < 1.29 is 9.90 Å². The zero-order chi connectivity index (χ0) is 28.6. The molecular weight excluding hydrogens is 553 g/mol. The van der Waals surface area contributed by atoms with E-state index in [2.05, 4.69) is 0 Å². The Morgan fingerprint density at radius 2 is 1.65 bits per heavy atom. The molecule has 40 heavy (non-hydrogen) atoms. The van der Waals surface area contributed by atoms with Crippen molar-refractivity contribution >= 4 is 40.3 Å². The molecule has 2 heterocycles. The Morgan fingerprint density at radius 1 is 0.975 bits per heavy atom. The Bertz CT molecular complexity index is 1840. The Balaban J connectivity index is 1.70. The van der Waals surface area contributed by atoms with Crippen molar-refractivity contribution in [2.75, 3.05) is 20.2 Å². The Morgan fingerprint density at radius 3 is 2.30 bits per heavy atom. The van der Waals surface area contributed by atoms with Crippen LogP contribution in [0.5, 0.6) is 0 Å². The maximum absolute atomic E-state index is 13.6. The van der Waals surface area contributed by atoms with Crippen molar-refractivity contribution in [3.8, 4) is 17.1 Å². The van der Waals surface area contributed by atoms with Gasteiger partial charge in [-0.15, -0.1) is 0 Å². The summed E-state index contributed by atoms with van der Waals surface area (Å²) in [6.07, 6.45) is 0. The lowest BCUT2D eigenvalue weighted by molar-refractivity contribution is 0.0767. The van der Waals surface area contributed by atoms with Crippen LogP contribution in [-0.4, -0.2) is 54.8 Å². The van der Waals surface area contributed by atoms with Gasteiger partial charge < -0.3 is 10.0 Å². The van der Waals surface area contributed by atoms with E-state index >= 15 is 0 Å². The number of aliphatic hydroxyl groups is 1. The molecule has 1 amide bonds. The second kappa shape index (κ2) is 11.1. The molecule has 5 rings (SSSR count). The van der Waals surface area contributed by atoms with Crippen LogP contribution in [0.4, 0.5) is 0 Å². The number of fused-ring (bicyclic) bond motifs is 1. The number of benzene rings is 3. The van der Waals surface area contributed by atoms with E-state index in [9.17, 15) is 14.4 Å². The number of carbonyl (C=O) groups excluding carboxylic acids is 1. The molecule has 204 valence electrons. The van der Waals surface area contributed by atoms with Gasteiger partial charge in [0.1, 0.15) is 5.82 Å². The minimum Gasteiger partial charge on any atom is -0.395 e. The summed E-state index contributed by atoms with van der Waals surface area (Å²) >= 11 is 12.7. The molecule has 0 aliphatic carbocycles. The number of amides is 1. The smallest absolute Gasteiger partial charge is 0.332 e. The number of carbonyl (C=O) groups is 1. The van der Waals surface area contributed by atoms with Crippen LogP contribution in [-0.2, 0) is 13.6 Å². The van der Waals surface area contributed by atoms with Crippen LogP contribution in [0, 0.1) is 0 Å². The number of imidazole rings is 1. The summed E-state index contributed by atoms with van der Waals surface area (Å²) < 4.78 is 4.16. The first-order valence-electron chi connectivity index (χ1n) is 12.4. The number of rotatable bonds is 7. The molecule has 9 nitrogen and oxygen atoms in total. The highest BCUT2D eigenvalue weighted by Gasteiger charge is 2.24. The molecule has 0 unspecified atom stereocenters. The second-order valence-corrected chi connectivity index (χ2v) is 10.1. The minimum atomic E-state index is -0.535. The molecule has 0 aliphatic heterocycles. The summed E-state index contributed by atoms with van der Waals surface area (Å²) in [4.78, 5) is 45.7. The summed E-state index contributed by atoms with van der Waals surface area (Å²) in [6.45, 7) is 0.185. The average Bonchev–Trinajstić information content (AvgIpc) is 3.35. The molecule has 3 aromatic carbocycles. The van der Waals surface area contributed by atoms with Crippen molar-refractivity contribution in [1.82, 2.24) is 23.6 Å². The number of hydrogen-bond donors (Lipinski definition) is 1. The quantitative estimate of drug-likeness (QED) is 0.315. The topological polar surface area (TPSA) is 102 Å². The van der Waals surface area contributed by atoms with Gasteiger partial charge in [-0.25, -0.2) is 9.78 Å². The molecule has 0 bridgehead atoms. The minimum absolute atomic E-state index is 0.101. The van der Waals surface area contributed by atoms with E-state index in [1.54, 1.807) is 78.3 Å². The highest BCUT2D eigenvalue weighted by Crippen LogP contribution is 2.32. The van der Waals surface area contributed by atoms with Gasteiger partial charge in [-0.2, -0.15) is 0 Å². The fraction of sp³-hybridized carbons (Fsp3) is 0.172. The van der Waals surface area contributed by atoms with E-state index in [1.165, 1.54) is 16.5 Å². The normalized spacial score (nSPS) is 11.2. The third-order valence-corrected chi connectivity index (χ3v) is 7.24. The molecular formula is C29H25Cl2N5O4. The molecule has 0 aliphatic rings. The van der Waals surface area contributed by atoms with Gasteiger partial charge in [0.25, 0.3) is 11.5 Å². The summed E-state index contributed by atoms with van der Waals surface area (Å²) in [5, 5.41) is 10.1. The first-order valence-corrected chi connectivity index (χ1v) is 13.1. The molecule has 5 aromatic rings. The van der Waals surface area contributed by atoms with Crippen LogP contribution in [0.3, 0.4) is 0 Å². The molecule has 0 fully saturated rings. The molecule has 0 spiro atoms. The average molecular weight is 578 g/mol. The van der Waals surface area contributed by atoms with E-state index in [1.807, 2.05) is 6.07 Å².